The van der Waals surface area contributed by atoms with Crippen molar-refractivity contribution in [3.63, 3.8) is 0 Å². The Morgan fingerprint density at radius 2 is 2.00 bits per heavy atom. The molecule has 1 saturated heterocycles. The van der Waals surface area contributed by atoms with Crippen LogP contribution in [0.25, 0.3) is 0 Å². The number of pyridine rings is 1. The average molecular weight is 311 g/mol. The molecule has 2 aromatic rings. The molecule has 1 aliphatic heterocycles. The van der Waals surface area contributed by atoms with E-state index in [4.69, 9.17) is 4.74 Å². The molecule has 2 amide bonds. The van der Waals surface area contributed by atoms with Crippen LogP contribution in [0.2, 0.25) is 0 Å². The van der Waals surface area contributed by atoms with Gasteiger partial charge < -0.3 is 15.0 Å². The van der Waals surface area contributed by atoms with Crippen molar-refractivity contribution in [1.29, 1.82) is 0 Å². The molecule has 1 fully saturated rings. The number of carbonyl (C=O) groups excluding carboxylic acids is 2. The predicted molar refractivity (Wildman–Crippen MR) is 83.8 cm³/mol. The van der Waals surface area contributed by atoms with E-state index >= 15 is 0 Å². The van der Waals surface area contributed by atoms with Gasteiger partial charge in [0.1, 0.15) is 11.8 Å². The van der Waals surface area contributed by atoms with E-state index < -0.39 is 0 Å². The van der Waals surface area contributed by atoms with Crippen molar-refractivity contribution >= 4 is 12.0 Å². The molecule has 23 heavy (non-hydrogen) atoms. The summed E-state index contributed by atoms with van der Waals surface area (Å²) in [6, 6.07) is 14.8. The van der Waals surface area contributed by atoms with Gasteiger partial charge in [0.2, 0.25) is 0 Å². The zero-order valence-electron chi connectivity index (χ0n) is 12.5. The van der Waals surface area contributed by atoms with Crippen molar-refractivity contribution in [3.8, 4) is 0 Å². The molecule has 0 bridgehead atoms. The molecule has 2 heterocycles. The van der Waals surface area contributed by atoms with E-state index in [1.807, 2.05) is 30.3 Å². The minimum absolute atomic E-state index is 0.252. The Morgan fingerprint density at radius 3 is 2.74 bits per heavy atom. The number of amides is 2. The number of hydrogen-bond acceptors (Lipinski definition) is 4. The molecule has 1 atom stereocenters. The highest BCUT2D eigenvalue weighted by Gasteiger charge is 2.31. The third kappa shape index (κ3) is 3.66. The molecule has 0 spiro atoms. The number of rotatable bonds is 5. The summed E-state index contributed by atoms with van der Waals surface area (Å²) < 4.78 is 5.36. The van der Waals surface area contributed by atoms with Crippen molar-refractivity contribution in [2.24, 2.45) is 0 Å². The maximum atomic E-state index is 11.9. The van der Waals surface area contributed by atoms with Crippen molar-refractivity contribution in [2.75, 3.05) is 19.6 Å². The number of nitrogens with one attached hydrogen (secondary N) is 1. The number of ether oxygens (including phenoxy) is 1. The molecule has 1 N–H and O–H groups in total. The van der Waals surface area contributed by atoms with Crippen LogP contribution in [0.4, 0.5) is 4.79 Å². The summed E-state index contributed by atoms with van der Waals surface area (Å²) in [7, 11) is 0. The summed E-state index contributed by atoms with van der Waals surface area (Å²) >= 11 is 0. The van der Waals surface area contributed by atoms with Gasteiger partial charge in [0, 0.05) is 19.3 Å². The minimum Gasteiger partial charge on any atom is -0.439 e. The number of carbonyl (C=O) groups is 2. The Balaban J connectivity index is 1.49. The SMILES string of the molecule is O=C(NCCN1CC(c2ccccc2)OC1=O)c1ccccn1. The Kier molecular flexibility index (Phi) is 4.52. The normalized spacial score (nSPS) is 17.0. The van der Waals surface area contributed by atoms with Gasteiger partial charge >= 0.3 is 6.09 Å². The molecule has 0 saturated carbocycles. The lowest BCUT2D eigenvalue weighted by molar-refractivity contribution is 0.0943. The molecule has 0 radical (unpaired) electrons. The second-order valence-electron chi connectivity index (χ2n) is 5.20. The van der Waals surface area contributed by atoms with E-state index in [2.05, 4.69) is 10.3 Å². The van der Waals surface area contributed by atoms with Crippen LogP contribution in [0.1, 0.15) is 22.2 Å². The molecule has 6 heteroatoms. The standard InChI is InChI=1S/C17H17N3O3/c21-16(14-8-4-5-9-18-14)19-10-11-20-12-15(23-17(20)22)13-6-2-1-3-7-13/h1-9,15H,10-12H2,(H,19,21). The third-order valence-corrected chi connectivity index (χ3v) is 3.62. The first-order valence-electron chi connectivity index (χ1n) is 7.44. The monoisotopic (exact) mass is 311 g/mol. The number of benzene rings is 1. The highest BCUT2D eigenvalue weighted by molar-refractivity contribution is 5.92. The summed E-state index contributed by atoms with van der Waals surface area (Å²) in [6.45, 7) is 1.25. The molecule has 118 valence electrons. The predicted octanol–water partition coefficient (Wildman–Crippen LogP) is 2.00. The zero-order valence-corrected chi connectivity index (χ0v) is 12.5. The van der Waals surface area contributed by atoms with Crippen molar-refractivity contribution in [3.05, 3.63) is 66.0 Å². The second kappa shape index (κ2) is 6.91. The van der Waals surface area contributed by atoms with Crippen molar-refractivity contribution in [1.82, 2.24) is 15.2 Å². The fourth-order valence-corrected chi connectivity index (χ4v) is 2.42. The lowest BCUT2D eigenvalue weighted by Crippen LogP contribution is -2.35. The van der Waals surface area contributed by atoms with E-state index in [-0.39, 0.29) is 18.1 Å². The lowest BCUT2D eigenvalue weighted by Gasteiger charge is -2.13. The molecule has 1 aromatic carbocycles. The van der Waals surface area contributed by atoms with Crippen LogP contribution < -0.4 is 5.32 Å². The van der Waals surface area contributed by atoms with Crippen LogP contribution >= 0.6 is 0 Å². The molecule has 1 aromatic heterocycles. The maximum absolute atomic E-state index is 11.9. The largest absolute Gasteiger partial charge is 0.439 e. The van der Waals surface area contributed by atoms with E-state index in [9.17, 15) is 9.59 Å². The Labute approximate surface area is 134 Å². The van der Waals surface area contributed by atoms with Gasteiger partial charge in [-0.25, -0.2) is 4.79 Å². The summed E-state index contributed by atoms with van der Waals surface area (Å²) in [6.07, 6.45) is 0.957. The second-order valence-corrected chi connectivity index (χ2v) is 5.20. The van der Waals surface area contributed by atoms with E-state index in [0.29, 0.717) is 25.3 Å². The van der Waals surface area contributed by atoms with Gasteiger partial charge in [0.25, 0.3) is 5.91 Å². The van der Waals surface area contributed by atoms with Gasteiger partial charge in [-0.1, -0.05) is 36.4 Å². The highest BCUT2D eigenvalue weighted by Crippen LogP contribution is 2.25. The molecular weight excluding hydrogens is 294 g/mol. The Hall–Kier alpha value is -2.89. The van der Waals surface area contributed by atoms with Gasteiger partial charge in [-0.15, -0.1) is 0 Å². The molecular formula is C17H17N3O3. The van der Waals surface area contributed by atoms with Gasteiger partial charge in [-0.2, -0.15) is 0 Å². The first-order chi connectivity index (χ1) is 11.2. The smallest absolute Gasteiger partial charge is 0.410 e. The maximum Gasteiger partial charge on any atom is 0.410 e. The first-order valence-corrected chi connectivity index (χ1v) is 7.44. The van der Waals surface area contributed by atoms with Crippen LogP contribution in [-0.2, 0) is 4.74 Å². The van der Waals surface area contributed by atoms with Crippen LogP contribution in [-0.4, -0.2) is 41.5 Å². The van der Waals surface area contributed by atoms with Gasteiger partial charge in [0.05, 0.1) is 6.54 Å². The van der Waals surface area contributed by atoms with Crippen molar-refractivity contribution < 1.29 is 14.3 Å². The number of nitrogens with zero attached hydrogens (tertiary/aromatic N) is 2. The summed E-state index contributed by atoms with van der Waals surface area (Å²) in [5.41, 5.74) is 1.33. The zero-order chi connectivity index (χ0) is 16.1. The fourth-order valence-electron chi connectivity index (χ4n) is 2.42. The quantitative estimate of drug-likeness (QED) is 0.917. The Bertz CT molecular complexity index is 676. The topological polar surface area (TPSA) is 71.5 Å². The third-order valence-electron chi connectivity index (χ3n) is 3.62. The molecule has 6 nitrogen and oxygen atoms in total. The minimum atomic E-state index is -0.356. The number of cyclic esters (lactones) is 1. The van der Waals surface area contributed by atoms with E-state index in [0.717, 1.165) is 5.56 Å². The van der Waals surface area contributed by atoms with Crippen LogP contribution in [0, 0.1) is 0 Å². The Morgan fingerprint density at radius 1 is 1.22 bits per heavy atom. The molecule has 3 rings (SSSR count). The van der Waals surface area contributed by atoms with Crippen LogP contribution in [0.3, 0.4) is 0 Å². The van der Waals surface area contributed by atoms with E-state index in [1.54, 1.807) is 29.3 Å². The van der Waals surface area contributed by atoms with Crippen LogP contribution in [0.5, 0.6) is 0 Å². The summed E-state index contributed by atoms with van der Waals surface area (Å²) in [4.78, 5) is 29.3. The van der Waals surface area contributed by atoms with Crippen LogP contribution in [0.15, 0.2) is 54.7 Å². The number of hydrogen-bond donors (Lipinski definition) is 1. The lowest BCUT2D eigenvalue weighted by atomic mass is 10.1. The molecule has 1 aliphatic rings. The average Bonchev–Trinajstić information content (AvgIpc) is 2.97. The highest BCUT2D eigenvalue weighted by atomic mass is 16.6. The van der Waals surface area contributed by atoms with Gasteiger partial charge in [-0.3, -0.25) is 9.78 Å². The molecule has 1 unspecified atom stereocenters. The van der Waals surface area contributed by atoms with Gasteiger partial charge in [0.15, 0.2) is 0 Å². The summed E-state index contributed by atoms with van der Waals surface area (Å²) in [5, 5.41) is 2.75. The first kappa shape index (κ1) is 15.0. The van der Waals surface area contributed by atoms with E-state index in [1.165, 1.54) is 0 Å². The molecule has 0 aliphatic carbocycles. The van der Waals surface area contributed by atoms with Gasteiger partial charge in [-0.05, 0) is 17.7 Å². The summed E-state index contributed by atoms with van der Waals surface area (Å²) in [5.74, 6) is -0.252. The number of aromatic nitrogens is 1. The fraction of sp³-hybridized carbons (Fsp3) is 0.235. The van der Waals surface area contributed by atoms with Crippen molar-refractivity contribution in [2.45, 2.75) is 6.10 Å².